The van der Waals surface area contributed by atoms with Crippen LogP contribution in [-0.2, 0) is 20.9 Å². The van der Waals surface area contributed by atoms with Crippen LogP contribution < -0.4 is 14.8 Å². The molecular formula is C21H18BrFN2O6. The van der Waals surface area contributed by atoms with Crippen LogP contribution in [0.25, 0.3) is 6.08 Å². The zero-order valence-corrected chi connectivity index (χ0v) is 18.2. The van der Waals surface area contributed by atoms with Gasteiger partial charge in [-0.3, -0.25) is 9.69 Å². The summed E-state index contributed by atoms with van der Waals surface area (Å²) in [5, 5.41) is 2.49. The first-order valence-corrected chi connectivity index (χ1v) is 9.78. The Morgan fingerprint density at radius 3 is 2.65 bits per heavy atom. The lowest BCUT2D eigenvalue weighted by Crippen LogP contribution is -2.30. The van der Waals surface area contributed by atoms with Gasteiger partial charge in [-0.1, -0.05) is 18.2 Å². The number of ether oxygens (including phenoxy) is 3. The van der Waals surface area contributed by atoms with E-state index >= 15 is 0 Å². The molecule has 0 bridgehead atoms. The number of halogens is 2. The van der Waals surface area contributed by atoms with Crippen LogP contribution >= 0.6 is 15.9 Å². The highest BCUT2D eigenvalue weighted by molar-refractivity contribution is 9.10. The summed E-state index contributed by atoms with van der Waals surface area (Å²) < 4.78 is 29.6. The Hall–Kier alpha value is -3.40. The van der Waals surface area contributed by atoms with Crippen LogP contribution in [0.5, 0.6) is 11.5 Å². The Bertz CT molecular complexity index is 1070. The second kappa shape index (κ2) is 9.61. The van der Waals surface area contributed by atoms with E-state index in [1.807, 2.05) is 0 Å². The third kappa shape index (κ3) is 5.02. The Balaban J connectivity index is 1.83. The van der Waals surface area contributed by atoms with Gasteiger partial charge in [0.1, 0.15) is 11.5 Å². The number of nitrogens with one attached hydrogen (secondary N) is 1. The van der Waals surface area contributed by atoms with Crippen molar-refractivity contribution in [1.29, 1.82) is 0 Å². The lowest BCUT2D eigenvalue weighted by Gasteiger charge is -2.13. The third-order valence-corrected chi connectivity index (χ3v) is 4.96. The molecule has 0 spiro atoms. The molecule has 1 heterocycles. The minimum Gasteiger partial charge on any atom is -0.493 e. The van der Waals surface area contributed by atoms with Gasteiger partial charge >= 0.3 is 12.0 Å². The number of rotatable bonds is 7. The number of esters is 1. The topological polar surface area (TPSA) is 94.2 Å². The SMILES string of the molecule is COC(=O)COc1c(Br)cc(/C=C2/NC(=O)N(Cc3ccccc3F)C2=O)cc1OC. The first-order valence-electron chi connectivity index (χ1n) is 8.99. The highest BCUT2D eigenvalue weighted by Gasteiger charge is 2.34. The number of methoxy groups -OCH3 is 2. The summed E-state index contributed by atoms with van der Waals surface area (Å²) in [5.41, 5.74) is 0.771. The van der Waals surface area contributed by atoms with Crippen molar-refractivity contribution in [1.82, 2.24) is 10.2 Å². The van der Waals surface area contributed by atoms with Crippen molar-refractivity contribution in [3.8, 4) is 11.5 Å². The number of nitrogens with zero attached hydrogens (tertiary/aromatic N) is 1. The van der Waals surface area contributed by atoms with Crippen LogP contribution in [-0.4, -0.2) is 43.6 Å². The zero-order chi connectivity index (χ0) is 22.5. The Morgan fingerprint density at radius 1 is 1.23 bits per heavy atom. The van der Waals surface area contributed by atoms with Gasteiger partial charge in [0.05, 0.1) is 25.2 Å². The van der Waals surface area contributed by atoms with Gasteiger partial charge in [0, 0.05) is 5.56 Å². The molecule has 0 aliphatic carbocycles. The molecule has 0 unspecified atom stereocenters. The van der Waals surface area contributed by atoms with Gasteiger partial charge in [-0.25, -0.2) is 14.0 Å². The van der Waals surface area contributed by atoms with Crippen molar-refractivity contribution in [3.05, 3.63) is 63.5 Å². The minimum atomic E-state index is -0.649. The lowest BCUT2D eigenvalue weighted by atomic mass is 10.1. The van der Waals surface area contributed by atoms with E-state index in [4.69, 9.17) is 9.47 Å². The Kier molecular flexibility index (Phi) is 6.91. The van der Waals surface area contributed by atoms with Gasteiger partial charge in [-0.15, -0.1) is 0 Å². The highest BCUT2D eigenvalue weighted by atomic mass is 79.9. The maximum Gasteiger partial charge on any atom is 0.343 e. The molecule has 3 amide bonds. The molecule has 1 N–H and O–H groups in total. The molecule has 0 aromatic heterocycles. The Labute approximate surface area is 185 Å². The molecule has 31 heavy (non-hydrogen) atoms. The van der Waals surface area contributed by atoms with E-state index in [9.17, 15) is 18.8 Å². The molecule has 3 rings (SSSR count). The number of benzene rings is 2. The quantitative estimate of drug-likeness (QED) is 0.362. The smallest absolute Gasteiger partial charge is 0.343 e. The molecule has 1 aliphatic rings. The molecule has 0 saturated carbocycles. The number of imide groups is 1. The predicted octanol–water partition coefficient (Wildman–Crippen LogP) is 3.24. The van der Waals surface area contributed by atoms with Crippen LogP contribution in [0.2, 0.25) is 0 Å². The summed E-state index contributed by atoms with van der Waals surface area (Å²) in [4.78, 5) is 37.2. The highest BCUT2D eigenvalue weighted by Crippen LogP contribution is 2.37. The van der Waals surface area contributed by atoms with Gasteiger partial charge < -0.3 is 19.5 Å². The fourth-order valence-corrected chi connectivity index (χ4v) is 3.41. The monoisotopic (exact) mass is 492 g/mol. The Morgan fingerprint density at radius 2 is 1.97 bits per heavy atom. The molecule has 1 saturated heterocycles. The first-order chi connectivity index (χ1) is 14.8. The van der Waals surface area contributed by atoms with E-state index in [-0.39, 0.29) is 30.2 Å². The predicted molar refractivity (Wildman–Crippen MR) is 112 cm³/mol. The summed E-state index contributed by atoms with van der Waals surface area (Å²) in [6.07, 6.45) is 1.46. The molecular weight excluding hydrogens is 475 g/mol. The van der Waals surface area contributed by atoms with Crippen LogP contribution in [0.4, 0.5) is 9.18 Å². The number of hydrogen-bond acceptors (Lipinski definition) is 6. The number of carbonyl (C=O) groups excluding carboxylic acids is 3. The van der Waals surface area contributed by atoms with Gasteiger partial charge in [-0.05, 0) is 45.8 Å². The maximum absolute atomic E-state index is 13.9. The number of hydrogen-bond donors (Lipinski definition) is 1. The van der Waals surface area contributed by atoms with Crippen molar-refractivity contribution in [2.24, 2.45) is 0 Å². The van der Waals surface area contributed by atoms with Gasteiger partial charge in [0.25, 0.3) is 5.91 Å². The summed E-state index contributed by atoms with van der Waals surface area (Å²) >= 11 is 3.34. The molecule has 10 heteroatoms. The van der Waals surface area contributed by atoms with Crippen molar-refractivity contribution in [2.45, 2.75) is 6.54 Å². The lowest BCUT2D eigenvalue weighted by molar-refractivity contribution is -0.143. The average molecular weight is 493 g/mol. The average Bonchev–Trinajstić information content (AvgIpc) is 3.01. The van der Waals surface area contributed by atoms with Crippen LogP contribution in [0.1, 0.15) is 11.1 Å². The molecule has 8 nitrogen and oxygen atoms in total. The number of urea groups is 1. The zero-order valence-electron chi connectivity index (χ0n) is 16.6. The van der Waals surface area contributed by atoms with Crippen molar-refractivity contribution < 1.29 is 33.0 Å². The standard InChI is InChI=1S/C21H18BrFN2O6/c1-29-17-9-12(7-14(22)19(17)31-11-18(26)30-2)8-16-20(27)25(21(28)24-16)10-13-5-3-4-6-15(13)23/h3-9H,10-11H2,1-2H3,(H,24,28)/b16-8+. The largest absolute Gasteiger partial charge is 0.493 e. The van der Waals surface area contributed by atoms with Crippen molar-refractivity contribution in [2.75, 3.05) is 20.8 Å². The van der Waals surface area contributed by atoms with Gasteiger partial charge in [0.15, 0.2) is 18.1 Å². The van der Waals surface area contributed by atoms with Crippen molar-refractivity contribution >= 4 is 39.9 Å². The number of amides is 3. The molecule has 2 aromatic carbocycles. The van der Waals surface area contributed by atoms with E-state index in [0.29, 0.717) is 15.8 Å². The fraction of sp³-hybridized carbons (Fsp3) is 0.190. The number of carbonyl (C=O) groups is 3. The molecule has 2 aromatic rings. The van der Waals surface area contributed by atoms with E-state index in [0.717, 1.165) is 4.90 Å². The van der Waals surface area contributed by atoms with E-state index in [2.05, 4.69) is 26.0 Å². The first kappa shape index (κ1) is 22.3. The normalized spacial score (nSPS) is 14.6. The van der Waals surface area contributed by atoms with E-state index < -0.39 is 23.7 Å². The fourth-order valence-electron chi connectivity index (χ4n) is 2.83. The molecule has 1 aliphatic heterocycles. The minimum absolute atomic E-state index is 0.0264. The van der Waals surface area contributed by atoms with Crippen LogP contribution in [0.3, 0.4) is 0 Å². The summed E-state index contributed by atoms with van der Waals surface area (Å²) in [6, 6.07) is 8.47. The van der Waals surface area contributed by atoms with Crippen molar-refractivity contribution in [3.63, 3.8) is 0 Å². The molecule has 0 atom stereocenters. The second-order valence-electron chi connectivity index (χ2n) is 6.37. The summed E-state index contributed by atoms with van der Waals surface area (Å²) in [6.45, 7) is -0.507. The van der Waals surface area contributed by atoms with Crippen LogP contribution in [0.15, 0.2) is 46.6 Å². The van der Waals surface area contributed by atoms with Gasteiger partial charge in [0.2, 0.25) is 0 Å². The van der Waals surface area contributed by atoms with E-state index in [1.54, 1.807) is 18.2 Å². The molecule has 162 valence electrons. The summed E-state index contributed by atoms with van der Waals surface area (Å²) in [5.74, 6) is -1.08. The van der Waals surface area contributed by atoms with Crippen LogP contribution in [0, 0.1) is 5.82 Å². The molecule has 0 radical (unpaired) electrons. The van der Waals surface area contributed by atoms with E-state index in [1.165, 1.54) is 38.5 Å². The summed E-state index contributed by atoms with van der Waals surface area (Å²) in [7, 11) is 2.66. The third-order valence-electron chi connectivity index (χ3n) is 4.37. The molecule has 1 fully saturated rings. The second-order valence-corrected chi connectivity index (χ2v) is 7.22. The maximum atomic E-state index is 13.9. The van der Waals surface area contributed by atoms with Gasteiger partial charge in [-0.2, -0.15) is 0 Å².